The zero-order valence-corrected chi connectivity index (χ0v) is 7.24. The van der Waals surface area contributed by atoms with Gasteiger partial charge in [-0.1, -0.05) is 5.92 Å². The molecule has 2 aromatic rings. The summed E-state index contributed by atoms with van der Waals surface area (Å²) < 4.78 is 0. The average molecular weight is 185 g/mol. The van der Waals surface area contributed by atoms with Gasteiger partial charge in [-0.3, -0.25) is 9.89 Å². The molecule has 0 saturated heterocycles. The van der Waals surface area contributed by atoms with Gasteiger partial charge in [0, 0.05) is 10.9 Å². The number of H-pyrrole nitrogens is 1. The van der Waals surface area contributed by atoms with Gasteiger partial charge in [-0.2, -0.15) is 5.10 Å². The van der Waals surface area contributed by atoms with E-state index in [9.17, 15) is 4.79 Å². The van der Waals surface area contributed by atoms with Crippen LogP contribution in [0.4, 0.5) is 0 Å². The van der Waals surface area contributed by atoms with Crippen LogP contribution in [-0.4, -0.2) is 16.1 Å². The molecule has 0 aliphatic rings. The Balaban J connectivity index is 2.45. The molecule has 0 radical (unpaired) electrons. The van der Waals surface area contributed by atoms with Crippen LogP contribution in [0.15, 0.2) is 24.4 Å². The van der Waals surface area contributed by atoms with Crippen molar-refractivity contribution in [3.8, 4) is 11.8 Å². The lowest BCUT2D eigenvalue weighted by Crippen LogP contribution is -2.06. The lowest BCUT2D eigenvalue weighted by atomic mass is 10.2. The standard InChI is InChI=1S/C10H7N3O/c11-10(14)4-2-7-1-3-8-6-12-13-9(8)5-7/h1,3,5-6H,(H2,11,14)(H,12,13). The lowest BCUT2D eigenvalue weighted by molar-refractivity contribution is -0.112. The quantitative estimate of drug-likeness (QED) is 0.583. The molecule has 0 bridgehead atoms. The van der Waals surface area contributed by atoms with E-state index in [-0.39, 0.29) is 0 Å². The van der Waals surface area contributed by atoms with Crippen LogP contribution in [0.25, 0.3) is 10.9 Å². The maximum Gasteiger partial charge on any atom is 0.293 e. The predicted molar refractivity (Wildman–Crippen MR) is 52.2 cm³/mol. The van der Waals surface area contributed by atoms with Gasteiger partial charge >= 0.3 is 0 Å². The molecule has 0 aliphatic heterocycles. The molecule has 2 rings (SSSR count). The molecule has 14 heavy (non-hydrogen) atoms. The van der Waals surface area contributed by atoms with E-state index in [1.54, 1.807) is 6.20 Å². The summed E-state index contributed by atoms with van der Waals surface area (Å²) in [5.74, 6) is 4.30. The summed E-state index contributed by atoms with van der Waals surface area (Å²) in [6.45, 7) is 0. The highest BCUT2D eigenvalue weighted by molar-refractivity contribution is 5.92. The molecule has 68 valence electrons. The average Bonchev–Trinajstić information content (AvgIpc) is 2.61. The largest absolute Gasteiger partial charge is 0.359 e. The first-order valence-electron chi connectivity index (χ1n) is 4.00. The Labute approximate surface area is 80.1 Å². The summed E-state index contributed by atoms with van der Waals surface area (Å²) in [5, 5.41) is 7.70. The molecule has 1 aromatic heterocycles. The van der Waals surface area contributed by atoms with Crippen LogP contribution in [0, 0.1) is 11.8 Å². The van der Waals surface area contributed by atoms with Crippen molar-refractivity contribution in [2.45, 2.75) is 0 Å². The number of aromatic amines is 1. The zero-order chi connectivity index (χ0) is 9.97. The Morgan fingerprint density at radius 1 is 1.50 bits per heavy atom. The topological polar surface area (TPSA) is 71.8 Å². The zero-order valence-electron chi connectivity index (χ0n) is 7.24. The number of hydrogen-bond donors (Lipinski definition) is 2. The SMILES string of the molecule is NC(=O)C#Cc1ccc2cn[nH]c2c1. The minimum Gasteiger partial charge on any atom is -0.359 e. The van der Waals surface area contributed by atoms with Crippen LogP contribution in [0.1, 0.15) is 5.56 Å². The van der Waals surface area contributed by atoms with E-state index in [0.29, 0.717) is 0 Å². The number of primary amides is 1. The van der Waals surface area contributed by atoms with E-state index in [4.69, 9.17) is 5.73 Å². The number of fused-ring (bicyclic) bond motifs is 1. The van der Waals surface area contributed by atoms with E-state index in [0.717, 1.165) is 16.5 Å². The molecule has 0 atom stereocenters. The number of benzene rings is 1. The van der Waals surface area contributed by atoms with E-state index in [1.165, 1.54) is 0 Å². The van der Waals surface area contributed by atoms with Crippen molar-refractivity contribution in [2.75, 3.05) is 0 Å². The first kappa shape index (κ1) is 8.32. The lowest BCUT2D eigenvalue weighted by Gasteiger charge is -1.89. The van der Waals surface area contributed by atoms with Gasteiger partial charge in [0.1, 0.15) is 0 Å². The number of rotatable bonds is 0. The maximum atomic E-state index is 10.4. The first-order valence-corrected chi connectivity index (χ1v) is 4.00. The van der Waals surface area contributed by atoms with Crippen LogP contribution in [-0.2, 0) is 4.79 Å². The smallest absolute Gasteiger partial charge is 0.293 e. The molecule has 0 unspecified atom stereocenters. The van der Waals surface area contributed by atoms with E-state index >= 15 is 0 Å². The van der Waals surface area contributed by atoms with Crippen LogP contribution in [0.5, 0.6) is 0 Å². The molecule has 4 heteroatoms. The first-order chi connectivity index (χ1) is 6.75. The van der Waals surface area contributed by atoms with Crippen molar-refractivity contribution < 1.29 is 4.79 Å². The molecular weight excluding hydrogens is 178 g/mol. The summed E-state index contributed by atoms with van der Waals surface area (Å²) in [6, 6.07) is 5.51. The van der Waals surface area contributed by atoms with Gasteiger partial charge in [-0.05, 0) is 24.1 Å². The fraction of sp³-hybridized carbons (Fsp3) is 0. The van der Waals surface area contributed by atoms with Crippen molar-refractivity contribution in [1.82, 2.24) is 10.2 Å². The predicted octanol–water partition coefficient (Wildman–Crippen LogP) is 0.400. The second kappa shape index (κ2) is 3.23. The Bertz CT molecular complexity index is 545. The molecule has 0 saturated carbocycles. The van der Waals surface area contributed by atoms with Gasteiger partial charge in [-0.15, -0.1) is 0 Å². The normalized spacial score (nSPS) is 9.43. The fourth-order valence-corrected chi connectivity index (χ4v) is 1.15. The number of amides is 1. The molecule has 1 amide bonds. The van der Waals surface area contributed by atoms with Crippen molar-refractivity contribution in [3.05, 3.63) is 30.0 Å². The highest BCUT2D eigenvalue weighted by Gasteiger charge is 1.95. The monoisotopic (exact) mass is 185 g/mol. The van der Waals surface area contributed by atoms with Crippen LogP contribution in [0.2, 0.25) is 0 Å². The fourth-order valence-electron chi connectivity index (χ4n) is 1.15. The number of carbonyl (C=O) groups is 1. The van der Waals surface area contributed by atoms with Gasteiger partial charge in [0.05, 0.1) is 11.7 Å². The van der Waals surface area contributed by atoms with Gasteiger partial charge < -0.3 is 5.73 Å². The number of aromatic nitrogens is 2. The van der Waals surface area contributed by atoms with Crippen molar-refractivity contribution >= 4 is 16.8 Å². The van der Waals surface area contributed by atoms with Gasteiger partial charge in [0.25, 0.3) is 5.91 Å². The third kappa shape index (κ3) is 1.57. The number of nitrogens with one attached hydrogen (secondary N) is 1. The van der Waals surface area contributed by atoms with E-state index < -0.39 is 5.91 Å². The van der Waals surface area contributed by atoms with Crippen molar-refractivity contribution in [1.29, 1.82) is 0 Å². The minimum atomic E-state index is -0.630. The molecular formula is C10H7N3O. The Kier molecular flexibility index (Phi) is 1.92. The molecule has 1 heterocycles. The van der Waals surface area contributed by atoms with Gasteiger partial charge in [0.15, 0.2) is 0 Å². The Morgan fingerprint density at radius 3 is 3.14 bits per heavy atom. The van der Waals surface area contributed by atoms with Crippen molar-refractivity contribution in [3.63, 3.8) is 0 Å². The number of carbonyl (C=O) groups excluding carboxylic acids is 1. The summed E-state index contributed by atoms with van der Waals surface area (Å²) in [6.07, 6.45) is 1.72. The van der Waals surface area contributed by atoms with E-state index in [2.05, 4.69) is 22.0 Å². The number of nitrogens with two attached hydrogens (primary N) is 1. The minimum absolute atomic E-state index is 0.630. The van der Waals surface area contributed by atoms with E-state index in [1.807, 2.05) is 18.2 Å². The molecule has 3 N–H and O–H groups in total. The number of hydrogen-bond acceptors (Lipinski definition) is 2. The number of nitrogens with zero attached hydrogens (tertiary/aromatic N) is 1. The van der Waals surface area contributed by atoms with Crippen LogP contribution in [0.3, 0.4) is 0 Å². The third-order valence-electron chi connectivity index (χ3n) is 1.77. The molecule has 0 spiro atoms. The second-order valence-electron chi connectivity index (χ2n) is 2.79. The van der Waals surface area contributed by atoms with Gasteiger partial charge in [0.2, 0.25) is 0 Å². The maximum absolute atomic E-state index is 10.4. The summed E-state index contributed by atoms with van der Waals surface area (Å²) in [4.78, 5) is 10.4. The second-order valence-corrected chi connectivity index (χ2v) is 2.79. The van der Waals surface area contributed by atoms with Gasteiger partial charge in [-0.25, -0.2) is 0 Å². The third-order valence-corrected chi connectivity index (χ3v) is 1.77. The summed E-state index contributed by atoms with van der Waals surface area (Å²) in [5.41, 5.74) is 6.53. The highest BCUT2D eigenvalue weighted by atomic mass is 16.1. The summed E-state index contributed by atoms with van der Waals surface area (Å²) >= 11 is 0. The molecule has 0 fully saturated rings. The Hall–Kier alpha value is -2.28. The summed E-state index contributed by atoms with van der Waals surface area (Å²) in [7, 11) is 0. The molecule has 1 aromatic carbocycles. The molecule has 4 nitrogen and oxygen atoms in total. The van der Waals surface area contributed by atoms with Crippen molar-refractivity contribution in [2.24, 2.45) is 5.73 Å². The highest BCUT2D eigenvalue weighted by Crippen LogP contribution is 2.11. The Morgan fingerprint density at radius 2 is 2.36 bits per heavy atom. The molecule has 0 aliphatic carbocycles. The van der Waals surface area contributed by atoms with Crippen LogP contribution >= 0.6 is 0 Å². The van der Waals surface area contributed by atoms with Crippen LogP contribution < -0.4 is 5.73 Å².